The molecule has 2 aromatic heterocycles. The molecule has 4 aromatic rings. The van der Waals surface area contributed by atoms with Crippen LogP contribution in [0.4, 0.5) is 8.78 Å². The third kappa shape index (κ3) is 4.94. The lowest BCUT2D eigenvalue weighted by molar-refractivity contribution is 0.201. The summed E-state index contributed by atoms with van der Waals surface area (Å²) in [7, 11) is 1.83. The van der Waals surface area contributed by atoms with Gasteiger partial charge < -0.3 is 9.30 Å². The van der Waals surface area contributed by atoms with Crippen LogP contribution in [0.1, 0.15) is 30.1 Å². The minimum atomic E-state index is -0.753. The molecular formula is C22H20F2N4OS2. The summed E-state index contributed by atoms with van der Waals surface area (Å²) >= 11 is 3.13. The summed E-state index contributed by atoms with van der Waals surface area (Å²) < 4.78 is 34.4. The summed E-state index contributed by atoms with van der Waals surface area (Å²) in [5, 5.41) is 12.1. The molecule has 2 heterocycles. The Labute approximate surface area is 187 Å². The SMILES string of the molecule is Cc1ccc(-c2nc(CSc3nnc(C(C)Oc4ccc(F)cc4F)n3C)cs2)cc1. The van der Waals surface area contributed by atoms with Crippen molar-refractivity contribution in [2.75, 3.05) is 0 Å². The fourth-order valence-corrected chi connectivity index (χ4v) is 4.70. The van der Waals surface area contributed by atoms with E-state index >= 15 is 0 Å². The molecule has 0 spiro atoms. The first-order valence-corrected chi connectivity index (χ1v) is 11.4. The molecule has 0 bridgehead atoms. The van der Waals surface area contributed by atoms with Crippen LogP contribution in [0.25, 0.3) is 10.6 Å². The first-order valence-electron chi connectivity index (χ1n) is 9.56. The van der Waals surface area contributed by atoms with Crippen molar-refractivity contribution >= 4 is 23.1 Å². The topological polar surface area (TPSA) is 52.8 Å². The van der Waals surface area contributed by atoms with Crippen molar-refractivity contribution in [1.29, 1.82) is 0 Å². The normalized spacial score (nSPS) is 12.2. The third-order valence-corrected chi connectivity index (χ3v) is 6.62. The zero-order chi connectivity index (χ0) is 22.0. The number of aromatic nitrogens is 4. The van der Waals surface area contributed by atoms with Crippen molar-refractivity contribution in [3.05, 3.63) is 76.6 Å². The van der Waals surface area contributed by atoms with Crippen molar-refractivity contribution in [2.24, 2.45) is 7.05 Å². The average Bonchev–Trinajstić information content (AvgIpc) is 3.36. The molecule has 2 aromatic carbocycles. The molecule has 0 saturated heterocycles. The number of hydrogen-bond donors (Lipinski definition) is 0. The fourth-order valence-electron chi connectivity index (χ4n) is 2.96. The van der Waals surface area contributed by atoms with E-state index < -0.39 is 17.7 Å². The number of halogens is 2. The molecule has 31 heavy (non-hydrogen) atoms. The number of thiazole rings is 1. The van der Waals surface area contributed by atoms with Crippen molar-refractivity contribution < 1.29 is 13.5 Å². The summed E-state index contributed by atoms with van der Waals surface area (Å²) in [6.07, 6.45) is -0.556. The number of thioether (sulfide) groups is 1. The highest BCUT2D eigenvalue weighted by molar-refractivity contribution is 7.98. The zero-order valence-corrected chi connectivity index (χ0v) is 18.8. The monoisotopic (exact) mass is 458 g/mol. The molecule has 0 radical (unpaired) electrons. The summed E-state index contributed by atoms with van der Waals surface area (Å²) in [6.45, 7) is 3.81. The Kier molecular flexibility index (Phi) is 6.33. The lowest BCUT2D eigenvalue weighted by Crippen LogP contribution is -2.11. The lowest BCUT2D eigenvalue weighted by atomic mass is 10.2. The first-order chi connectivity index (χ1) is 14.9. The van der Waals surface area contributed by atoms with E-state index in [0.29, 0.717) is 16.7 Å². The van der Waals surface area contributed by atoms with Crippen molar-refractivity contribution in [1.82, 2.24) is 19.7 Å². The predicted octanol–water partition coefficient (Wildman–Crippen LogP) is 5.96. The standard InChI is InChI=1S/C22H20F2N4OS2/c1-13-4-6-15(7-5-13)21-25-17(11-30-21)12-31-22-27-26-20(28(22)3)14(2)29-19-9-8-16(23)10-18(19)24/h4-11,14H,12H2,1-3H3. The summed E-state index contributed by atoms with van der Waals surface area (Å²) in [5.74, 6) is -0.239. The van der Waals surface area contributed by atoms with Gasteiger partial charge in [0.2, 0.25) is 0 Å². The third-order valence-electron chi connectivity index (χ3n) is 4.63. The van der Waals surface area contributed by atoms with Crippen LogP contribution in [0, 0.1) is 18.6 Å². The second-order valence-corrected chi connectivity index (χ2v) is 8.83. The molecule has 1 atom stereocenters. The molecule has 0 saturated carbocycles. The molecule has 9 heteroatoms. The maximum Gasteiger partial charge on any atom is 0.191 e. The van der Waals surface area contributed by atoms with Crippen LogP contribution in [-0.4, -0.2) is 19.7 Å². The van der Waals surface area contributed by atoms with Crippen LogP contribution in [-0.2, 0) is 12.8 Å². The summed E-state index contributed by atoms with van der Waals surface area (Å²) in [6, 6.07) is 11.5. The Morgan fingerprint density at radius 2 is 1.90 bits per heavy atom. The lowest BCUT2D eigenvalue weighted by Gasteiger charge is -2.14. The van der Waals surface area contributed by atoms with Crippen LogP contribution in [0.5, 0.6) is 5.75 Å². The van der Waals surface area contributed by atoms with Gasteiger partial charge in [0.25, 0.3) is 0 Å². The van der Waals surface area contributed by atoms with E-state index in [4.69, 9.17) is 9.72 Å². The quantitative estimate of drug-likeness (QED) is 0.320. The molecule has 1 unspecified atom stereocenters. The molecule has 0 aliphatic rings. The minimum absolute atomic E-state index is 0.0304. The Morgan fingerprint density at radius 1 is 1.13 bits per heavy atom. The number of nitrogens with zero attached hydrogens (tertiary/aromatic N) is 4. The van der Waals surface area contributed by atoms with Gasteiger partial charge in [-0.3, -0.25) is 0 Å². The Bertz CT molecular complexity index is 1190. The van der Waals surface area contributed by atoms with Gasteiger partial charge in [0.05, 0.1) is 5.69 Å². The molecule has 0 amide bonds. The smallest absolute Gasteiger partial charge is 0.191 e. The first kappa shape index (κ1) is 21.5. The van der Waals surface area contributed by atoms with E-state index in [1.165, 1.54) is 23.4 Å². The fraction of sp³-hybridized carbons (Fsp3) is 0.227. The molecule has 0 N–H and O–H groups in total. The van der Waals surface area contributed by atoms with E-state index in [-0.39, 0.29) is 5.75 Å². The number of aryl methyl sites for hydroxylation is 1. The van der Waals surface area contributed by atoms with Gasteiger partial charge in [-0.2, -0.15) is 0 Å². The van der Waals surface area contributed by atoms with Gasteiger partial charge in [-0.1, -0.05) is 41.6 Å². The Hall–Kier alpha value is -2.78. The molecule has 5 nitrogen and oxygen atoms in total. The maximum absolute atomic E-state index is 13.9. The molecule has 4 rings (SSSR count). The van der Waals surface area contributed by atoms with Crippen LogP contribution < -0.4 is 4.74 Å². The minimum Gasteiger partial charge on any atom is -0.480 e. The van der Waals surface area contributed by atoms with E-state index in [2.05, 4.69) is 41.4 Å². The summed E-state index contributed by atoms with van der Waals surface area (Å²) in [4.78, 5) is 4.71. The second-order valence-electron chi connectivity index (χ2n) is 7.03. The van der Waals surface area contributed by atoms with Gasteiger partial charge in [-0.05, 0) is 26.0 Å². The van der Waals surface area contributed by atoms with E-state index in [1.807, 2.05) is 17.0 Å². The Balaban J connectivity index is 1.41. The van der Waals surface area contributed by atoms with Crippen LogP contribution in [0.2, 0.25) is 0 Å². The largest absolute Gasteiger partial charge is 0.480 e. The number of rotatable bonds is 7. The van der Waals surface area contributed by atoms with E-state index in [9.17, 15) is 8.78 Å². The van der Waals surface area contributed by atoms with Gasteiger partial charge in [0.1, 0.15) is 10.8 Å². The van der Waals surface area contributed by atoms with Gasteiger partial charge in [0.15, 0.2) is 28.7 Å². The molecule has 160 valence electrons. The van der Waals surface area contributed by atoms with E-state index in [1.54, 1.807) is 18.3 Å². The average molecular weight is 459 g/mol. The molecule has 0 aliphatic heterocycles. The summed E-state index contributed by atoms with van der Waals surface area (Å²) in [5.41, 5.74) is 3.29. The maximum atomic E-state index is 13.9. The van der Waals surface area contributed by atoms with Crippen LogP contribution in [0.3, 0.4) is 0 Å². The molecular weight excluding hydrogens is 438 g/mol. The number of ether oxygens (including phenoxy) is 1. The van der Waals surface area contributed by atoms with Gasteiger partial charge >= 0.3 is 0 Å². The van der Waals surface area contributed by atoms with E-state index in [0.717, 1.165) is 28.4 Å². The molecule has 0 fully saturated rings. The highest BCUT2D eigenvalue weighted by Crippen LogP contribution is 2.29. The highest BCUT2D eigenvalue weighted by atomic mass is 32.2. The zero-order valence-electron chi connectivity index (χ0n) is 17.2. The van der Waals surface area contributed by atoms with Crippen molar-refractivity contribution in [3.8, 4) is 16.3 Å². The molecule has 0 aliphatic carbocycles. The van der Waals surface area contributed by atoms with Crippen molar-refractivity contribution in [3.63, 3.8) is 0 Å². The van der Waals surface area contributed by atoms with Gasteiger partial charge in [-0.15, -0.1) is 21.5 Å². The number of hydrogen-bond acceptors (Lipinski definition) is 6. The van der Waals surface area contributed by atoms with Gasteiger partial charge in [0, 0.05) is 29.8 Å². The van der Waals surface area contributed by atoms with Gasteiger partial charge in [-0.25, -0.2) is 13.8 Å². The van der Waals surface area contributed by atoms with Crippen LogP contribution in [0.15, 0.2) is 53.0 Å². The Morgan fingerprint density at radius 3 is 2.65 bits per heavy atom. The number of benzene rings is 2. The highest BCUT2D eigenvalue weighted by Gasteiger charge is 2.19. The predicted molar refractivity (Wildman–Crippen MR) is 118 cm³/mol. The van der Waals surface area contributed by atoms with Crippen molar-refractivity contribution in [2.45, 2.75) is 30.9 Å². The second kappa shape index (κ2) is 9.15. The van der Waals surface area contributed by atoms with Crippen LogP contribution >= 0.6 is 23.1 Å².